The van der Waals surface area contributed by atoms with Crippen molar-refractivity contribution in [2.24, 2.45) is 5.92 Å². The van der Waals surface area contributed by atoms with E-state index in [1.807, 2.05) is 6.92 Å². The lowest BCUT2D eigenvalue weighted by atomic mass is 9.85. The summed E-state index contributed by atoms with van der Waals surface area (Å²) in [5.41, 5.74) is 0. The number of sulfonamides is 1. The Morgan fingerprint density at radius 1 is 1.15 bits per heavy atom. The molecule has 0 aromatic carbocycles. The molecule has 2 aliphatic rings. The maximum absolute atomic E-state index is 12.0. The van der Waals surface area contributed by atoms with Gasteiger partial charge in [0, 0.05) is 18.0 Å². The molecular formula is C14H26N2O3S. The van der Waals surface area contributed by atoms with Crippen molar-refractivity contribution in [3.8, 4) is 0 Å². The van der Waals surface area contributed by atoms with Crippen LogP contribution >= 0.6 is 0 Å². The molecule has 0 radical (unpaired) electrons. The van der Waals surface area contributed by atoms with E-state index in [0.29, 0.717) is 18.9 Å². The molecule has 2 rings (SSSR count). The standard InChI is InChI=1S/C14H26N2O3S/c1-2-3-9-20(18,19)16-13-6-4-5-11(10-13)14(17)15-12-7-8-12/h11-13,16H,2-10H2,1H3,(H,15,17)/t11-,13-/m0/s1. The van der Waals surface area contributed by atoms with Crippen molar-refractivity contribution < 1.29 is 13.2 Å². The average molecular weight is 302 g/mol. The first-order valence-electron chi connectivity index (χ1n) is 7.80. The van der Waals surface area contributed by atoms with E-state index in [0.717, 1.165) is 38.5 Å². The van der Waals surface area contributed by atoms with E-state index < -0.39 is 10.0 Å². The molecule has 0 saturated heterocycles. The molecule has 20 heavy (non-hydrogen) atoms. The Morgan fingerprint density at radius 3 is 2.55 bits per heavy atom. The molecule has 0 unspecified atom stereocenters. The van der Waals surface area contributed by atoms with Gasteiger partial charge in [0.25, 0.3) is 0 Å². The van der Waals surface area contributed by atoms with Crippen molar-refractivity contribution in [3.05, 3.63) is 0 Å². The van der Waals surface area contributed by atoms with E-state index >= 15 is 0 Å². The number of rotatable bonds is 7. The highest BCUT2D eigenvalue weighted by Gasteiger charge is 2.32. The van der Waals surface area contributed by atoms with Crippen molar-refractivity contribution in [2.45, 2.75) is 70.4 Å². The van der Waals surface area contributed by atoms with Crippen LogP contribution in [-0.4, -0.2) is 32.2 Å². The Balaban J connectivity index is 1.81. The lowest BCUT2D eigenvalue weighted by molar-refractivity contribution is -0.126. The molecule has 2 aliphatic carbocycles. The zero-order valence-corrected chi connectivity index (χ0v) is 13.0. The largest absolute Gasteiger partial charge is 0.353 e. The van der Waals surface area contributed by atoms with Gasteiger partial charge < -0.3 is 5.32 Å². The molecule has 0 heterocycles. The maximum atomic E-state index is 12.0. The summed E-state index contributed by atoms with van der Waals surface area (Å²) in [5.74, 6) is 0.284. The van der Waals surface area contributed by atoms with Crippen molar-refractivity contribution in [1.82, 2.24) is 10.0 Å². The van der Waals surface area contributed by atoms with Gasteiger partial charge in [-0.05, 0) is 38.5 Å². The first kappa shape index (κ1) is 15.8. The summed E-state index contributed by atoms with van der Waals surface area (Å²) in [5, 5.41) is 3.03. The summed E-state index contributed by atoms with van der Waals surface area (Å²) in [6.07, 6.45) is 7.03. The SMILES string of the molecule is CCCCS(=O)(=O)N[C@H]1CCC[C@H](C(=O)NC2CC2)C1. The topological polar surface area (TPSA) is 75.3 Å². The van der Waals surface area contributed by atoms with Gasteiger partial charge in [-0.25, -0.2) is 13.1 Å². The van der Waals surface area contributed by atoms with Crippen LogP contribution in [-0.2, 0) is 14.8 Å². The van der Waals surface area contributed by atoms with Crippen molar-refractivity contribution in [1.29, 1.82) is 0 Å². The van der Waals surface area contributed by atoms with Crippen LogP contribution in [0.15, 0.2) is 0 Å². The molecule has 0 aromatic heterocycles. The van der Waals surface area contributed by atoms with E-state index in [1.54, 1.807) is 0 Å². The molecule has 2 fully saturated rings. The fourth-order valence-electron chi connectivity index (χ4n) is 2.73. The second-order valence-corrected chi connectivity index (χ2v) is 8.01. The van der Waals surface area contributed by atoms with Crippen LogP contribution in [0, 0.1) is 5.92 Å². The first-order valence-corrected chi connectivity index (χ1v) is 9.46. The van der Waals surface area contributed by atoms with Crippen LogP contribution in [0.1, 0.15) is 58.3 Å². The predicted molar refractivity (Wildman–Crippen MR) is 78.7 cm³/mol. The second-order valence-electron chi connectivity index (χ2n) is 6.13. The number of hydrogen-bond acceptors (Lipinski definition) is 3. The fourth-order valence-corrected chi connectivity index (χ4v) is 4.24. The highest BCUT2D eigenvalue weighted by Crippen LogP contribution is 2.27. The molecule has 2 atom stereocenters. The Morgan fingerprint density at radius 2 is 1.90 bits per heavy atom. The number of unbranched alkanes of at least 4 members (excludes halogenated alkanes) is 1. The monoisotopic (exact) mass is 302 g/mol. The third-order valence-corrected chi connectivity index (χ3v) is 5.60. The van der Waals surface area contributed by atoms with E-state index in [2.05, 4.69) is 10.0 Å². The lowest BCUT2D eigenvalue weighted by Crippen LogP contribution is -2.43. The normalized spacial score (nSPS) is 27.2. The molecular weight excluding hydrogens is 276 g/mol. The summed E-state index contributed by atoms with van der Waals surface area (Å²) in [6, 6.07) is 0.310. The third-order valence-electron chi connectivity index (χ3n) is 4.08. The highest BCUT2D eigenvalue weighted by molar-refractivity contribution is 7.89. The summed E-state index contributed by atoms with van der Waals surface area (Å²) in [7, 11) is -3.18. The van der Waals surface area contributed by atoms with Crippen LogP contribution in [0.25, 0.3) is 0 Å². The fraction of sp³-hybridized carbons (Fsp3) is 0.929. The van der Waals surface area contributed by atoms with Crippen LogP contribution < -0.4 is 10.0 Å². The van der Waals surface area contributed by atoms with Crippen molar-refractivity contribution >= 4 is 15.9 Å². The molecule has 6 heteroatoms. The minimum absolute atomic E-state index is 0.0248. The highest BCUT2D eigenvalue weighted by atomic mass is 32.2. The number of amides is 1. The van der Waals surface area contributed by atoms with E-state index in [1.165, 1.54) is 0 Å². The van der Waals surface area contributed by atoms with Crippen LogP contribution in [0.4, 0.5) is 0 Å². The van der Waals surface area contributed by atoms with E-state index in [4.69, 9.17) is 0 Å². The molecule has 1 amide bonds. The molecule has 2 saturated carbocycles. The van der Waals surface area contributed by atoms with Crippen molar-refractivity contribution in [3.63, 3.8) is 0 Å². The maximum Gasteiger partial charge on any atom is 0.223 e. The van der Waals surface area contributed by atoms with Crippen LogP contribution in [0.3, 0.4) is 0 Å². The molecule has 5 nitrogen and oxygen atoms in total. The molecule has 0 spiro atoms. The molecule has 2 N–H and O–H groups in total. The Labute approximate surface area is 121 Å². The number of carbonyl (C=O) groups is 1. The molecule has 0 bridgehead atoms. The molecule has 0 aliphatic heterocycles. The summed E-state index contributed by atoms with van der Waals surface area (Å²) >= 11 is 0. The molecule has 0 aromatic rings. The average Bonchev–Trinajstić information content (AvgIpc) is 3.20. The van der Waals surface area contributed by atoms with E-state index in [9.17, 15) is 13.2 Å². The van der Waals surface area contributed by atoms with Gasteiger partial charge in [-0.15, -0.1) is 0 Å². The smallest absolute Gasteiger partial charge is 0.223 e. The summed E-state index contributed by atoms with van der Waals surface area (Å²) < 4.78 is 26.6. The predicted octanol–water partition coefficient (Wildman–Crippen LogP) is 1.54. The minimum Gasteiger partial charge on any atom is -0.353 e. The number of hydrogen-bond donors (Lipinski definition) is 2. The number of carbonyl (C=O) groups excluding carboxylic acids is 1. The Kier molecular flexibility index (Phi) is 5.43. The minimum atomic E-state index is -3.18. The van der Waals surface area contributed by atoms with Gasteiger partial charge in [0.2, 0.25) is 15.9 Å². The Hall–Kier alpha value is -0.620. The summed E-state index contributed by atoms with van der Waals surface area (Å²) in [6.45, 7) is 1.98. The second kappa shape index (κ2) is 6.89. The zero-order chi connectivity index (χ0) is 14.6. The van der Waals surface area contributed by atoms with Gasteiger partial charge in [-0.3, -0.25) is 4.79 Å². The number of nitrogens with one attached hydrogen (secondary N) is 2. The van der Waals surface area contributed by atoms with Gasteiger partial charge >= 0.3 is 0 Å². The lowest BCUT2D eigenvalue weighted by Gasteiger charge is -2.28. The Bertz CT molecular complexity index is 432. The van der Waals surface area contributed by atoms with Crippen LogP contribution in [0.2, 0.25) is 0 Å². The van der Waals surface area contributed by atoms with Gasteiger partial charge in [0.15, 0.2) is 0 Å². The van der Waals surface area contributed by atoms with Crippen LogP contribution in [0.5, 0.6) is 0 Å². The summed E-state index contributed by atoms with van der Waals surface area (Å²) in [4.78, 5) is 12.0. The van der Waals surface area contributed by atoms with Gasteiger partial charge in [0.05, 0.1) is 5.75 Å². The first-order chi connectivity index (χ1) is 9.50. The molecule has 116 valence electrons. The quantitative estimate of drug-likeness (QED) is 0.749. The van der Waals surface area contributed by atoms with E-state index in [-0.39, 0.29) is 23.6 Å². The van der Waals surface area contributed by atoms with Gasteiger partial charge in [-0.2, -0.15) is 0 Å². The third kappa shape index (κ3) is 5.05. The zero-order valence-electron chi connectivity index (χ0n) is 12.2. The van der Waals surface area contributed by atoms with Gasteiger partial charge in [0.1, 0.15) is 0 Å². The van der Waals surface area contributed by atoms with Gasteiger partial charge in [-0.1, -0.05) is 19.8 Å². The van der Waals surface area contributed by atoms with Crippen molar-refractivity contribution in [2.75, 3.05) is 5.75 Å².